The van der Waals surface area contributed by atoms with Gasteiger partial charge in [-0.1, -0.05) is 83.8 Å². The molecule has 0 N–H and O–H groups in total. The second-order valence-electron chi connectivity index (χ2n) is 9.36. The fraction of sp³-hybridized carbons (Fsp3) is 0.147. The molecule has 0 saturated carbocycles. The van der Waals surface area contributed by atoms with Crippen LogP contribution in [0, 0.1) is 0 Å². The molecule has 0 radical (unpaired) electrons. The predicted octanol–water partition coefficient (Wildman–Crippen LogP) is 9.03. The number of thioether (sulfide) groups is 1. The van der Waals surface area contributed by atoms with E-state index in [0.717, 1.165) is 24.4 Å². The van der Waals surface area contributed by atoms with Gasteiger partial charge in [0, 0.05) is 17.5 Å². The quantitative estimate of drug-likeness (QED) is 0.149. The zero-order valence-corrected chi connectivity index (χ0v) is 24.1. The summed E-state index contributed by atoms with van der Waals surface area (Å²) in [6.07, 6.45) is 11.0. The Kier molecular flexibility index (Phi) is 7.27. The maximum Gasteiger partial charge on any atom is 0.262 e. The second-order valence-corrected chi connectivity index (χ2v) is 11.5. The predicted molar refractivity (Wildman–Crippen MR) is 170 cm³/mol. The van der Waals surface area contributed by atoms with E-state index in [9.17, 15) is 0 Å². The Labute approximate surface area is 238 Å². The number of hydrogen-bond acceptors (Lipinski definition) is 4. The Morgan fingerprint density at radius 1 is 0.872 bits per heavy atom. The summed E-state index contributed by atoms with van der Waals surface area (Å²) in [7, 11) is 1.69. The van der Waals surface area contributed by atoms with E-state index in [1.807, 2.05) is 35.2 Å². The monoisotopic (exact) mass is 547 g/mol. The maximum absolute atomic E-state index is 5.26. The molecule has 1 aromatic heterocycles. The third-order valence-corrected chi connectivity index (χ3v) is 9.29. The molecule has 5 aromatic rings. The van der Waals surface area contributed by atoms with Crippen LogP contribution in [-0.2, 0) is 6.54 Å². The molecule has 0 unspecified atom stereocenters. The molecule has 1 aliphatic heterocycles. The molecule has 0 saturated heterocycles. The number of aryl methyl sites for hydroxylation is 1. The largest absolute Gasteiger partial charge is 0.497 e. The van der Waals surface area contributed by atoms with Crippen molar-refractivity contribution < 1.29 is 9.30 Å². The van der Waals surface area contributed by atoms with E-state index in [2.05, 4.69) is 120 Å². The summed E-state index contributed by atoms with van der Waals surface area (Å²) in [5.41, 5.74) is 4.97. The minimum atomic E-state index is 0.875. The van der Waals surface area contributed by atoms with E-state index < -0.39 is 0 Å². The van der Waals surface area contributed by atoms with Crippen LogP contribution in [0.15, 0.2) is 101 Å². The molecule has 5 heteroatoms. The van der Waals surface area contributed by atoms with Gasteiger partial charge in [0.05, 0.1) is 23.2 Å². The van der Waals surface area contributed by atoms with Gasteiger partial charge >= 0.3 is 0 Å². The molecule has 39 heavy (non-hydrogen) atoms. The minimum Gasteiger partial charge on any atom is -0.497 e. The Morgan fingerprint density at radius 3 is 2.46 bits per heavy atom. The van der Waals surface area contributed by atoms with Crippen molar-refractivity contribution in [1.82, 2.24) is 0 Å². The van der Waals surface area contributed by atoms with Crippen molar-refractivity contribution in [2.75, 3.05) is 18.6 Å². The normalized spacial score (nSPS) is 14.4. The first-order valence-electron chi connectivity index (χ1n) is 13.3. The Bertz CT molecular complexity index is 1750. The molecule has 0 bridgehead atoms. The molecule has 0 fully saturated rings. The molecule has 194 valence electrons. The van der Waals surface area contributed by atoms with Gasteiger partial charge in [-0.3, -0.25) is 0 Å². The van der Waals surface area contributed by atoms with Crippen molar-refractivity contribution in [3.05, 3.63) is 112 Å². The molecule has 6 rings (SSSR count). The molecule has 2 heterocycles. The Hall–Kier alpha value is -3.80. The van der Waals surface area contributed by atoms with Crippen LogP contribution in [0.1, 0.15) is 30.0 Å². The standard InChI is InChI=1S/C34H31N2OS2/c1-4-35-29-21-17-25(14-13-24-15-19-27(37-3)20-16-24)23-31(29)39-32(35)11-8-12-33-36(5-2)34-28-10-7-6-9-26(28)18-22-30(34)38-33/h6-23H,4-5H2,1-3H3/q+1. The van der Waals surface area contributed by atoms with Crippen molar-refractivity contribution in [2.24, 2.45) is 0 Å². The van der Waals surface area contributed by atoms with Crippen molar-refractivity contribution in [3.63, 3.8) is 0 Å². The third kappa shape index (κ3) is 5.00. The van der Waals surface area contributed by atoms with Gasteiger partial charge in [-0.2, -0.15) is 4.57 Å². The number of aromatic nitrogens is 1. The number of benzene rings is 4. The molecule has 3 nitrogen and oxygen atoms in total. The summed E-state index contributed by atoms with van der Waals surface area (Å²) in [5.74, 6) is 0.875. The highest BCUT2D eigenvalue weighted by atomic mass is 32.2. The van der Waals surface area contributed by atoms with Crippen LogP contribution in [0.25, 0.3) is 39.2 Å². The Balaban J connectivity index is 1.25. The smallest absolute Gasteiger partial charge is 0.262 e. The summed E-state index contributed by atoms with van der Waals surface area (Å²) in [4.78, 5) is 3.69. The molecule has 0 spiro atoms. The number of rotatable bonds is 7. The zero-order valence-electron chi connectivity index (χ0n) is 22.4. The van der Waals surface area contributed by atoms with Gasteiger partial charge in [0.25, 0.3) is 5.01 Å². The second kappa shape index (κ2) is 11.1. The summed E-state index contributed by atoms with van der Waals surface area (Å²) in [6, 6.07) is 28.0. The highest BCUT2D eigenvalue weighted by molar-refractivity contribution is 8.03. The average molecular weight is 548 g/mol. The van der Waals surface area contributed by atoms with Crippen molar-refractivity contribution in [2.45, 2.75) is 25.3 Å². The molecule has 0 atom stereocenters. The number of thiazole rings is 1. The number of ether oxygens (including phenoxy) is 1. The van der Waals surface area contributed by atoms with Crippen LogP contribution in [-0.4, -0.2) is 13.7 Å². The lowest BCUT2D eigenvalue weighted by molar-refractivity contribution is -0.664. The lowest BCUT2D eigenvalue weighted by atomic mass is 10.1. The van der Waals surface area contributed by atoms with Crippen LogP contribution in [0.3, 0.4) is 0 Å². The minimum absolute atomic E-state index is 0.875. The van der Waals surface area contributed by atoms with Gasteiger partial charge < -0.3 is 9.64 Å². The van der Waals surface area contributed by atoms with Gasteiger partial charge in [-0.15, -0.1) is 0 Å². The van der Waals surface area contributed by atoms with E-state index in [4.69, 9.17) is 4.74 Å². The Morgan fingerprint density at radius 2 is 1.67 bits per heavy atom. The van der Waals surface area contributed by atoms with E-state index in [-0.39, 0.29) is 0 Å². The van der Waals surface area contributed by atoms with Crippen LogP contribution in [0.4, 0.5) is 5.69 Å². The van der Waals surface area contributed by atoms with Gasteiger partial charge in [0.15, 0.2) is 0 Å². The average Bonchev–Trinajstić information content (AvgIpc) is 3.53. The lowest BCUT2D eigenvalue weighted by Gasteiger charge is -2.17. The van der Waals surface area contributed by atoms with Crippen molar-refractivity contribution in [1.29, 1.82) is 0 Å². The molecule has 1 aliphatic rings. The number of anilines is 1. The molecular formula is C34H31N2OS2+. The third-order valence-electron chi connectivity index (χ3n) is 7.06. The van der Waals surface area contributed by atoms with Crippen LogP contribution < -0.4 is 14.2 Å². The highest BCUT2D eigenvalue weighted by Gasteiger charge is 2.24. The first-order valence-corrected chi connectivity index (χ1v) is 15.0. The van der Waals surface area contributed by atoms with E-state index in [1.165, 1.54) is 47.2 Å². The summed E-state index contributed by atoms with van der Waals surface area (Å²) >= 11 is 3.70. The maximum atomic E-state index is 5.26. The summed E-state index contributed by atoms with van der Waals surface area (Å²) in [6.45, 7) is 6.32. The van der Waals surface area contributed by atoms with Crippen molar-refractivity contribution >= 4 is 68.0 Å². The first-order chi connectivity index (χ1) is 19.2. The van der Waals surface area contributed by atoms with Crippen LogP contribution >= 0.6 is 23.1 Å². The fourth-order valence-electron chi connectivity index (χ4n) is 5.11. The van der Waals surface area contributed by atoms with Crippen LogP contribution in [0.5, 0.6) is 5.75 Å². The lowest BCUT2D eigenvalue weighted by Crippen LogP contribution is -2.33. The van der Waals surface area contributed by atoms with Gasteiger partial charge in [-0.05, 0) is 72.8 Å². The summed E-state index contributed by atoms with van der Waals surface area (Å²) < 4.78 is 9.03. The van der Waals surface area contributed by atoms with Gasteiger partial charge in [-0.25, -0.2) is 0 Å². The van der Waals surface area contributed by atoms with E-state index >= 15 is 0 Å². The number of methoxy groups -OCH3 is 1. The van der Waals surface area contributed by atoms with Crippen LogP contribution in [0.2, 0.25) is 0 Å². The van der Waals surface area contributed by atoms with Crippen molar-refractivity contribution in [3.8, 4) is 5.75 Å². The fourth-order valence-corrected chi connectivity index (χ4v) is 7.45. The molecular weight excluding hydrogens is 517 g/mol. The molecule has 0 amide bonds. The first kappa shape index (κ1) is 25.5. The SMILES string of the molecule is CCN1C(=CC=Cc2sc3ccc4ccccc4c3[n+]2CC)Sc2cc(C=Cc3ccc(OC)cc3)ccc21. The van der Waals surface area contributed by atoms with E-state index in [0.29, 0.717) is 0 Å². The zero-order chi connectivity index (χ0) is 26.8. The number of allylic oxidation sites excluding steroid dienone is 2. The highest BCUT2D eigenvalue weighted by Crippen LogP contribution is 2.46. The number of fused-ring (bicyclic) bond motifs is 4. The van der Waals surface area contributed by atoms with Gasteiger partial charge in [0.2, 0.25) is 5.52 Å². The van der Waals surface area contributed by atoms with Gasteiger partial charge in [0.1, 0.15) is 17.0 Å². The number of hydrogen-bond donors (Lipinski definition) is 0. The topological polar surface area (TPSA) is 16.4 Å². The number of nitrogens with zero attached hydrogens (tertiary/aromatic N) is 2. The van der Waals surface area contributed by atoms with E-state index in [1.54, 1.807) is 7.11 Å². The molecule has 4 aromatic carbocycles. The molecule has 0 aliphatic carbocycles. The summed E-state index contributed by atoms with van der Waals surface area (Å²) in [5, 5.41) is 5.14.